The van der Waals surface area contributed by atoms with Crippen molar-refractivity contribution in [3.05, 3.63) is 35.5 Å². The highest BCUT2D eigenvalue weighted by Crippen LogP contribution is 2.60. The van der Waals surface area contributed by atoms with Crippen molar-refractivity contribution in [2.75, 3.05) is 5.33 Å². The molecular weight excluding hydrogens is 590 g/mol. The van der Waals surface area contributed by atoms with Crippen LogP contribution < -0.4 is 0 Å². The normalized spacial score (nSPS) is 31.4. The number of esters is 1. The van der Waals surface area contributed by atoms with Crippen LogP contribution in [0.3, 0.4) is 0 Å². The molecule has 0 amide bonds. The molecule has 0 bridgehead atoms. The molecule has 3 fully saturated rings. The number of ether oxygens (including phenoxy) is 1. The Balaban J connectivity index is 1.68. The molecule has 0 aromatic rings. The summed E-state index contributed by atoms with van der Waals surface area (Å²) in [4.78, 5) is 11.7. The maximum atomic E-state index is 13.1. The minimum atomic E-state index is -5.77. The number of aliphatic hydroxyl groups is 1. The molecule has 3 nitrogen and oxygen atoms in total. The fourth-order valence-corrected chi connectivity index (χ4v) is 7.37. The molecule has 0 aromatic carbocycles. The van der Waals surface area contributed by atoms with Gasteiger partial charge in [-0.25, -0.2) is 0 Å². The molecular formula is C29H39BrF6O3. The molecule has 222 valence electrons. The van der Waals surface area contributed by atoms with Gasteiger partial charge in [0.1, 0.15) is 11.4 Å². The summed E-state index contributed by atoms with van der Waals surface area (Å²) in [5, 5.41) is 9.65. The van der Waals surface area contributed by atoms with Gasteiger partial charge in [0.2, 0.25) is 0 Å². The summed E-state index contributed by atoms with van der Waals surface area (Å²) in [6.07, 6.45) is -2.20. The van der Waals surface area contributed by atoms with E-state index in [4.69, 9.17) is 4.74 Å². The quantitative estimate of drug-likeness (QED) is 0.166. The molecule has 0 radical (unpaired) electrons. The van der Waals surface area contributed by atoms with E-state index in [0.717, 1.165) is 56.1 Å². The van der Waals surface area contributed by atoms with Gasteiger partial charge in [-0.1, -0.05) is 66.1 Å². The molecule has 3 saturated carbocycles. The Labute approximate surface area is 235 Å². The molecule has 3 aliphatic carbocycles. The summed E-state index contributed by atoms with van der Waals surface area (Å²) < 4.78 is 83.9. The van der Waals surface area contributed by atoms with E-state index in [1.807, 2.05) is 6.92 Å². The lowest BCUT2D eigenvalue weighted by molar-refractivity contribution is -0.370. The zero-order chi connectivity index (χ0) is 29.2. The van der Waals surface area contributed by atoms with Crippen LogP contribution in [0.1, 0.15) is 84.5 Å². The van der Waals surface area contributed by atoms with Crippen LogP contribution in [-0.4, -0.2) is 40.5 Å². The van der Waals surface area contributed by atoms with Gasteiger partial charge in [0.25, 0.3) is 5.60 Å². The van der Waals surface area contributed by atoms with Crippen LogP contribution in [0.2, 0.25) is 0 Å². The number of allylic oxidation sites excluding steroid dienone is 4. The van der Waals surface area contributed by atoms with Crippen molar-refractivity contribution in [3.8, 4) is 0 Å². The third-order valence-corrected chi connectivity index (χ3v) is 9.89. The Bertz CT molecular complexity index is 955. The molecule has 0 saturated heterocycles. The predicted molar refractivity (Wildman–Crippen MR) is 141 cm³/mol. The molecule has 10 heteroatoms. The van der Waals surface area contributed by atoms with E-state index in [9.17, 15) is 36.2 Å². The minimum Gasteiger partial charge on any atom is -0.461 e. The van der Waals surface area contributed by atoms with E-state index in [2.05, 4.69) is 41.6 Å². The van der Waals surface area contributed by atoms with Gasteiger partial charge in [-0.2, -0.15) is 26.3 Å². The first-order valence-electron chi connectivity index (χ1n) is 13.7. The van der Waals surface area contributed by atoms with Crippen LogP contribution in [-0.2, 0) is 9.53 Å². The average molecular weight is 630 g/mol. The van der Waals surface area contributed by atoms with Gasteiger partial charge in [0.15, 0.2) is 0 Å². The topological polar surface area (TPSA) is 46.5 Å². The molecule has 0 aromatic heterocycles. The summed E-state index contributed by atoms with van der Waals surface area (Å²) in [5.74, 6) is 0.130. The summed E-state index contributed by atoms with van der Waals surface area (Å²) in [7, 11) is 0. The van der Waals surface area contributed by atoms with Crippen molar-refractivity contribution in [3.63, 3.8) is 0 Å². The van der Waals surface area contributed by atoms with Gasteiger partial charge in [0.05, 0.1) is 0 Å². The molecule has 39 heavy (non-hydrogen) atoms. The van der Waals surface area contributed by atoms with Gasteiger partial charge in [-0.15, -0.1) is 0 Å². The Morgan fingerprint density at radius 1 is 1.15 bits per heavy atom. The molecule has 3 aliphatic rings. The third-order valence-electron chi connectivity index (χ3n) is 9.44. The lowest BCUT2D eigenvalue weighted by atomic mass is 9.60. The predicted octanol–water partition coefficient (Wildman–Crippen LogP) is 8.76. The van der Waals surface area contributed by atoms with Crippen molar-refractivity contribution in [1.82, 2.24) is 0 Å². The summed E-state index contributed by atoms with van der Waals surface area (Å²) in [6.45, 7) is 8.31. The van der Waals surface area contributed by atoms with Crippen molar-refractivity contribution in [2.45, 2.75) is 109 Å². The Morgan fingerprint density at radius 3 is 2.44 bits per heavy atom. The second-order valence-corrected chi connectivity index (χ2v) is 12.4. The van der Waals surface area contributed by atoms with E-state index in [-0.39, 0.29) is 47.5 Å². The lowest BCUT2D eigenvalue weighted by Crippen LogP contribution is -2.56. The summed E-state index contributed by atoms with van der Waals surface area (Å²) in [5.41, 5.74) is -1.33. The monoisotopic (exact) mass is 628 g/mol. The molecule has 2 unspecified atom stereocenters. The van der Waals surface area contributed by atoms with Crippen molar-refractivity contribution in [2.24, 2.45) is 23.2 Å². The number of halogens is 7. The van der Waals surface area contributed by atoms with Crippen LogP contribution in [0, 0.1) is 23.2 Å². The van der Waals surface area contributed by atoms with Crippen LogP contribution in [0.4, 0.5) is 26.3 Å². The minimum absolute atomic E-state index is 0.0635. The van der Waals surface area contributed by atoms with Crippen LogP contribution in [0.15, 0.2) is 35.5 Å². The van der Waals surface area contributed by atoms with Crippen molar-refractivity contribution < 1.29 is 41.0 Å². The second-order valence-electron chi connectivity index (χ2n) is 11.8. The number of rotatable bonds is 8. The molecule has 0 spiro atoms. The van der Waals surface area contributed by atoms with Crippen molar-refractivity contribution in [1.29, 1.82) is 0 Å². The number of carbonyl (C=O) groups excluding carboxylic acids is 1. The molecule has 0 heterocycles. The average Bonchev–Trinajstić information content (AvgIpc) is 3.20. The first-order chi connectivity index (χ1) is 18.0. The maximum Gasteiger partial charge on any atom is 0.426 e. The highest BCUT2D eigenvalue weighted by atomic mass is 79.9. The second kappa shape index (κ2) is 12.3. The van der Waals surface area contributed by atoms with E-state index in [0.29, 0.717) is 12.3 Å². The number of carbonyl (C=O) groups is 1. The Morgan fingerprint density at radius 2 is 1.82 bits per heavy atom. The number of hydrogen-bond acceptors (Lipinski definition) is 3. The zero-order valence-electron chi connectivity index (χ0n) is 22.6. The third kappa shape index (κ3) is 6.96. The Hall–Kier alpha value is -1.29. The van der Waals surface area contributed by atoms with E-state index in [1.165, 1.54) is 5.57 Å². The van der Waals surface area contributed by atoms with Crippen molar-refractivity contribution >= 4 is 21.9 Å². The van der Waals surface area contributed by atoms with E-state index in [1.54, 1.807) is 0 Å². The lowest BCUT2D eigenvalue weighted by Gasteiger charge is -2.44. The smallest absolute Gasteiger partial charge is 0.426 e. The fraction of sp³-hybridized carbons (Fsp3) is 0.759. The first-order valence-corrected chi connectivity index (χ1v) is 14.8. The SMILES string of the molecule is C=C1CC[C@H](OC(=O)CBr)C/C1=C/C=C1\CCCC2(C)C1CC[C@@H]2[C@@H](C)CCCC(O)(C(F)(F)F)C(F)(F)F. The molecule has 3 rings (SSSR count). The van der Waals surface area contributed by atoms with Crippen LogP contribution >= 0.6 is 15.9 Å². The molecule has 5 atom stereocenters. The fourth-order valence-electron chi connectivity index (χ4n) is 7.24. The maximum absolute atomic E-state index is 13.1. The van der Waals surface area contributed by atoms with Gasteiger partial charge < -0.3 is 9.84 Å². The van der Waals surface area contributed by atoms with E-state index < -0.39 is 24.4 Å². The highest BCUT2D eigenvalue weighted by Gasteiger charge is 2.69. The summed E-state index contributed by atoms with van der Waals surface area (Å²) in [6, 6.07) is 0. The first kappa shape index (κ1) is 32.2. The highest BCUT2D eigenvalue weighted by molar-refractivity contribution is 9.09. The number of hydrogen-bond donors (Lipinski definition) is 1. The number of fused-ring (bicyclic) bond motifs is 1. The summed E-state index contributed by atoms with van der Waals surface area (Å²) >= 11 is 3.12. The number of alkyl halides is 7. The van der Waals surface area contributed by atoms with Gasteiger partial charge in [-0.3, -0.25) is 4.79 Å². The standard InChI is InChI=1S/C29H39BrF6O3/c1-18-8-11-22(39-25(37)17-30)16-21(18)10-9-20-7-5-14-26(3)23(12-13-24(20)26)19(2)6-4-15-27(38,28(31,32)33)29(34,35)36/h9-10,19,22-24,38H,1,4-8,11-17H2,2-3H3/b20-9+,21-10-/t19-,22-,23+,24?,26?/m0/s1. The van der Waals surface area contributed by atoms with Gasteiger partial charge in [-0.05, 0) is 86.5 Å². The Kier molecular flexibility index (Phi) is 10.2. The zero-order valence-corrected chi connectivity index (χ0v) is 24.2. The largest absolute Gasteiger partial charge is 0.461 e. The van der Waals surface area contributed by atoms with Crippen LogP contribution in [0.5, 0.6) is 0 Å². The molecule has 1 N–H and O–H groups in total. The van der Waals surface area contributed by atoms with Crippen LogP contribution in [0.25, 0.3) is 0 Å². The van der Waals surface area contributed by atoms with E-state index >= 15 is 0 Å². The van der Waals surface area contributed by atoms with Gasteiger partial charge in [0, 0.05) is 6.42 Å². The molecule has 0 aliphatic heterocycles. The van der Waals surface area contributed by atoms with Gasteiger partial charge >= 0.3 is 18.3 Å².